The molecule has 2 N–H and O–H groups in total. The van der Waals surface area contributed by atoms with Crippen molar-refractivity contribution in [1.29, 1.82) is 0 Å². The summed E-state index contributed by atoms with van der Waals surface area (Å²) in [5.41, 5.74) is 2.42. The standard InChI is InChI=1S/C17H12FN5O2/c1-9-7-19-15-11(16(21-9)10-4-2-3-5-13(10)18)6-14(23(24)25)17-12(15)8-20-22-17/h2-8,19H,1H3,(H,20,22). The van der Waals surface area contributed by atoms with Crippen LogP contribution >= 0.6 is 0 Å². The van der Waals surface area contributed by atoms with E-state index in [-0.39, 0.29) is 11.3 Å². The number of anilines is 1. The van der Waals surface area contributed by atoms with E-state index < -0.39 is 10.7 Å². The molecular weight excluding hydrogens is 325 g/mol. The molecule has 0 fully saturated rings. The van der Waals surface area contributed by atoms with Gasteiger partial charge in [0.05, 0.1) is 33.6 Å². The Morgan fingerprint density at radius 2 is 2.04 bits per heavy atom. The Hall–Kier alpha value is -3.55. The van der Waals surface area contributed by atoms with E-state index in [1.807, 2.05) is 0 Å². The number of benzene rings is 2. The summed E-state index contributed by atoms with van der Waals surface area (Å²) in [6.45, 7) is 1.76. The summed E-state index contributed by atoms with van der Waals surface area (Å²) in [6.07, 6.45) is 3.17. The van der Waals surface area contributed by atoms with Crippen molar-refractivity contribution in [3.8, 4) is 0 Å². The number of H-pyrrole nitrogens is 1. The number of hydrogen-bond donors (Lipinski definition) is 2. The van der Waals surface area contributed by atoms with Gasteiger partial charge in [-0.25, -0.2) is 4.39 Å². The average molecular weight is 337 g/mol. The van der Waals surface area contributed by atoms with Crippen LogP contribution in [0.15, 0.2) is 53.4 Å². The maximum atomic E-state index is 14.4. The van der Waals surface area contributed by atoms with Crippen molar-refractivity contribution in [2.24, 2.45) is 4.99 Å². The van der Waals surface area contributed by atoms with Gasteiger partial charge in [0.2, 0.25) is 0 Å². The second-order valence-corrected chi connectivity index (χ2v) is 5.60. The summed E-state index contributed by atoms with van der Waals surface area (Å²) in [5.74, 6) is -0.447. The number of non-ortho nitro benzene ring substituents is 1. The van der Waals surface area contributed by atoms with Gasteiger partial charge >= 0.3 is 0 Å². The van der Waals surface area contributed by atoms with Crippen LogP contribution in [0.2, 0.25) is 0 Å². The van der Waals surface area contributed by atoms with E-state index in [0.717, 1.165) is 0 Å². The Balaban J connectivity index is 2.09. The molecule has 0 atom stereocenters. The number of halogens is 1. The second-order valence-electron chi connectivity index (χ2n) is 5.60. The minimum absolute atomic E-state index is 0.142. The van der Waals surface area contributed by atoms with Crippen molar-refractivity contribution in [3.05, 3.63) is 75.5 Å². The number of nitro groups is 1. The van der Waals surface area contributed by atoms with Gasteiger partial charge in [-0.1, -0.05) is 12.1 Å². The van der Waals surface area contributed by atoms with Crippen LogP contribution in [-0.2, 0) is 0 Å². The zero-order valence-corrected chi connectivity index (χ0v) is 13.1. The SMILES string of the molecule is CC1=CNc2c(cc([N+](=O)[O-])c3[nH]ncc23)C(c2ccccc2F)=N1. The van der Waals surface area contributed by atoms with Crippen molar-refractivity contribution in [2.75, 3.05) is 5.32 Å². The van der Waals surface area contributed by atoms with Gasteiger partial charge in [-0.05, 0) is 19.1 Å². The first-order valence-corrected chi connectivity index (χ1v) is 7.48. The van der Waals surface area contributed by atoms with E-state index in [2.05, 4.69) is 20.5 Å². The smallest absolute Gasteiger partial charge is 0.295 e. The molecular formula is C17H12FN5O2. The summed E-state index contributed by atoms with van der Waals surface area (Å²) in [5, 5.41) is 21.7. The van der Waals surface area contributed by atoms with E-state index in [4.69, 9.17) is 0 Å². The van der Waals surface area contributed by atoms with Crippen molar-refractivity contribution in [2.45, 2.75) is 6.92 Å². The summed E-state index contributed by atoms with van der Waals surface area (Å²) < 4.78 is 14.4. The minimum Gasteiger partial charge on any atom is -0.359 e. The van der Waals surface area contributed by atoms with Crippen LogP contribution in [0, 0.1) is 15.9 Å². The molecule has 124 valence electrons. The second kappa shape index (κ2) is 5.52. The monoisotopic (exact) mass is 337 g/mol. The van der Waals surface area contributed by atoms with Crippen LogP contribution in [0.3, 0.4) is 0 Å². The number of nitro benzene ring substituents is 1. The molecule has 25 heavy (non-hydrogen) atoms. The Morgan fingerprint density at radius 3 is 2.80 bits per heavy atom. The van der Waals surface area contributed by atoms with Gasteiger partial charge in [0.15, 0.2) is 0 Å². The summed E-state index contributed by atoms with van der Waals surface area (Å²) in [7, 11) is 0. The topological polar surface area (TPSA) is 96.2 Å². The molecule has 0 bridgehead atoms. The Labute approximate surface area is 141 Å². The fourth-order valence-corrected chi connectivity index (χ4v) is 2.89. The highest BCUT2D eigenvalue weighted by Gasteiger charge is 2.25. The van der Waals surface area contributed by atoms with Gasteiger partial charge in [-0.2, -0.15) is 5.10 Å². The van der Waals surface area contributed by atoms with Crippen LogP contribution in [0.5, 0.6) is 0 Å². The zero-order valence-electron chi connectivity index (χ0n) is 13.1. The van der Waals surface area contributed by atoms with E-state index >= 15 is 0 Å². The number of aromatic amines is 1. The number of aromatic nitrogens is 2. The summed E-state index contributed by atoms with van der Waals surface area (Å²) in [4.78, 5) is 15.4. The predicted molar refractivity (Wildman–Crippen MR) is 92.2 cm³/mol. The third-order valence-electron chi connectivity index (χ3n) is 4.01. The Morgan fingerprint density at radius 1 is 1.24 bits per heavy atom. The lowest BCUT2D eigenvalue weighted by molar-refractivity contribution is -0.383. The molecule has 1 aliphatic rings. The lowest BCUT2D eigenvalue weighted by Crippen LogP contribution is -2.08. The van der Waals surface area contributed by atoms with Crippen LogP contribution in [0.4, 0.5) is 15.8 Å². The number of rotatable bonds is 2. The maximum absolute atomic E-state index is 14.4. The van der Waals surface area contributed by atoms with Gasteiger partial charge in [0.25, 0.3) is 5.69 Å². The molecule has 0 spiro atoms. The average Bonchev–Trinajstić information content (AvgIpc) is 3.01. The van der Waals surface area contributed by atoms with Crippen molar-refractivity contribution >= 4 is 28.0 Å². The number of aliphatic imine (C=N–C) groups is 1. The molecule has 8 heteroatoms. The molecule has 0 amide bonds. The number of fused-ring (bicyclic) bond motifs is 3. The van der Waals surface area contributed by atoms with Crippen LogP contribution in [0.1, 0.15) is 18.1 Å². The fraction of sp³-hybridized carbons (Fsp3) is 0.0588. The Bertz CT molecular complexity index is 1080. The van der Waals surface area contributed by atoms with Gasteiger partial charge in [-0.3, -0.25) is 20.2 Å². The number of nitrogens with zero attached hydrogens (tertiary/aromatic N) is 3. The molecule has 2 aromatic carbocycles. The van der Waals surface area contributed by atoms with Crippen LogP contribution in [0.25, 0.3) is 10.9 Å². The first-order chi connectivity index (χ1) is 12.1. The van der Waals surface area contributed by atoms with Gasteiger partial charge in [-0.15, -0.1) is 0 Å². The predicted octanol–water partition coefficient (Wildman–Crippen LogP) is 3.73. The highest BCUT2D eigenvalue weighted by Crippen LogP contribution is 2.36. The van der Waals surface area contributed by atoms with E-state index in [1.165, 1.54) is 18.3 Å². The molecule has 2 heterocycles. The van der Waals surface area contributed by atoms with Gasteiger partial charge < -0.3 is 5.32 Å². The number of allylic oxidation sites excluding steroid dienone is 1. The van der Waals surface area contributed by atoms with Crippen molar-refractivity contribution in [3.63, 3.8) is 0 Å². The molecule has 3 aromatic rings. The molecule has 0 aliphatic carbocycles. The first-order valence-electron chi connectivity index (χ1n) is 7.48. The summed E-state index contributed by atoms with van der Waals surface area (Å²) >= 11 is 0. The minimum atomic E-state index is -0.495. The number of hydrogen-bond acceptors (Lipinski definition) is 5. The lowest BCUT2D eigenvalue weighted by Gasteiger charge is -2.12. The molecule has 1 aromatic heterocycles. The fourth-order valence-electron chi connectivity index (χ4n) is 2.89. The lowest BCUT2D eigenvalue weighted by atomic mass is 9.97. The molecule has 0 saturated heterocycles. The molecule has 0 radical (unpaired) electrons. The third kappa shape index (κ3) is 2.35. The zero-order chi connectivity index (χ0) is 17.6. The van der Waals surface area contributed by atoms with Crippen molar-refractivity contribution in [1.82, 2.24) is 10.2 Å². The largest absolute Gasteiger partial charge is 0.359 e. The molecule has 0 unspecified atom stereocenters. The van der Waals surface area contributed by atoms with E-state index in [0.29, 0.717) is 33.6 Å². The quantitative estimate of drug-likeness (QED) is 0.550. The highest BCUT2D eigenvalue weighted by atomic mass is 19.1. The van der Waals surface area contributed by atoms with Gasteiger partial charge in [0.1, 0.15) is 11.3 Å². The van der Waals surface area contributed by atoms with E-state index in [1.54, 1.807) is 31.3 Å². The maximum Gasteiger partial charge on any atom is 0.295 e. The Kier molecular flexibility index (Phi) is 3.31. The normalized spacial score (nSPS) is 13.5. The molecule has 4 rings (SSSR count). The number of nitrogens with one attached hydrogen (secondary N) is 2. The van der Waals surface area contributed by atoms with Crippen molar-refractivity contribution < 1.29 is 9.31 Å². The molecule has 7 nitrogen and oxygen atoms in total. The van der Waals surface area contributed by atoms with Gasteiger partial charge in [0, 0.05) is 23.4 Å². The highest BCUT2D eigenvalue weighted by molar-refractivity contribution is 6.21. The molecule has 0 saturated carbocycles. The van der Waals surface area contributed by atoms with E-state index in [9.17, 15) is 14.5 Å². The van der Waals surface area contributed by atoms with Crippen LogP contribution in [-0.4, -0.2) is 20.8 Å². The van der Waals surface area contributed by atoms with Crippen LogP contribution < -0.4 is 5.32 Å². The molecule has 1 aliphatic heterocycles. The summed E-state index contributed by atoms with van der Waals surface area (Å²) in [6, 6.07) is 7.60. The first kappa shape index (κ1) is 15.0. The third-order valence-corrected chi connectivity index (χ3v) is 4.01.